The zero-order valence-electron chi connectivity index (χ0n) is 10.8. The van der Waals surface area contributed by atoms with Crippen LogP contribution in [0.3, 0.4) is 0 Å². The van der Waals surface area contributed by atoms with Gasteiger partial charge in [0.05, 0.1) is 12.7 Å². The minimum absolute atomic E-state index is 0.0728. The predicted octanol–water partition coefficient (Wildman–Crippen LogP) is 2.86. The summed E-state index contributed by atoms with van der Waals surface area (Å²) in [7, 11) is 1.60. The number of methoxy groups -OCH3 is 1. The van der Waals surface area contributed by atoms with Crippen LogP contribution in [0.5, 0.6) is 0 Å². The van der Waals surface area contributed by atoms with Crippen molar-refractivity contribution in [1.29, 1.82) is 0 Å². The van der Waals surface area contributed by atoms with Crippen LogP contribution in [0.25, 0.3) is 0 Å². The van der Waals surface area contributed by atoms with Gasteiger partial charge < -0.3 is 9.47 Å². The van der Waals surface area contributed by atoms with Gasteiger partial charge in [0.25, 0.3) is 0 Å². The largest absolute Gasteiger partial charge is 0.500 e. The van der Waals surface area contributed by atoms with Gasteiger partial charge in [0.15, 0.2) is 0 Å². The van der Waals surface area contributed by atoms with Crippen molar-refractivity contribution in [3.8, 4) is 0 Å². The number of rotatable bonds is 4. The molecule has 0 N–H and O–H groups in total. The molecule has 1 atom stereocenters. The van der Waals surface area contributed by atoms with Gasteiger partial charge in [-0.25, -0.2) is 4.79 Å². The number of aryl methyl sites for hydroxylation is 1. The summed E-state index contributed by atoms with van der Waals surface area (Å²) in [5, 5.41) is 0. The Morgan fingerprint density at radius 1 is 1.33 bits per heavy atom. The van der Waals surface area contributed by atoms with Gasteiger partial charge in [0, 0.05) is 6.42 Å². The molecule has 0 bridgehead atoms. The number of carbonyl (C=O) groups excluding carboxylic acids is 1. The number of cyclic esters (lactones) is 1. The van der Waals surface area contributed by atoms with Gasteiger partial charge in [0.1, 0.15) is 11.9 Å². The van der Waals surface area contributed by atoms with Crippen LogP contribution in [-0.2, 0) is 20.7 Å². The summed E-state index contributed by atoms with van der Waals surface area (Å²) in [6.07, 6.45) is 2.35. The van der Waals surface area contributed by atoms with Crippen molar-refractivity contribution in [2.24, 2.45) is 0 Å². The topological polar surface area (TPSA) is 35.5 Å². The maximum absolute atomic E-state index is 11.6. The van der Waals surface area contributed by atoms with E-state index in [1.165, 1.54) is 5.56 Å². The molecule has 1 unspecified atom stereocenters. The zero-order valence-corrected chi connectivity index (χ0v) is 10.8. The third-order valence-electron chi connectivity index (χ3n) is 3.26. The van der Waals surface area contributed by atoms with E-state index in [4.69, 9.17) is 9.47 Å². The molecule has 0 aromatic heterocycles. The summed E-state index contributed by atoms with van der Waals surface area (Å²) < 4.78 is 10.6. The Hall–Kier alpha value is -1.77. The lowest BCUT2D eigenvalue weighted by molar-refractivity contribution is -0.147. The molecule has 3 nitrogen and oxygen atoms in total. The molecule has 0 saturated carbocycles. The third-order valence-corrected chi connectivity index (χ3v) is 3.26. The van der Waals surface area contributed by atoms with Crippen LogP contribution in [0.1, 0.15) is 25.3 Å². The van der Waals surface area contributed by atoms with Crippen molar-refractivity contribution < 1.29 is 14.3 Å². The molecule has 3 heteroatoms. The fourth-order valence-corrected chi connectivity index (χ4v) is 2.12. The average molecular weight is 246 g/mol. The smallest absolute Gasteiger partial charge is 0.337 e. The molecule has 0 amide bonds. The van der Waals surface area contributed by atoms with Gasteiger partial charge in [-0.05, 0) is 25.3 Å². The molecule has 0 fully saturated rings. The van der Waals surface area contributed by atoms with Crippen LogP contribution < -0.4 is 0 Å². The maximum atomic E-state index is 11.6. The van der Waals surface area contributed by atoms with Gasteiger partial charge >= 0.3 is 5.97 Å². The lowest BCUT2D eigenvalue weighted by Crippen LogP contribution is -2.26. The first-order chi connectivity index (χ1) is 8.70. The van der Waals surface area contributed by atoms with E-state index in [-0.39, 0.29) is 12.1 Å². The Bertz CT molecular complexity index is 448. The van der Waals surface area contributed by atoms with Gasteiger partial charge in [-0.1, -0.05) is 30.3 Å². The van der Waals surface area contributed by atoms with Gasteiger partial charge in [-0.3, -0.25) is 0 Å². The Morgan fingerprint density at radius 2 is 2.06 bits per heavy atom. The number of hydrogen-bond donors (Lipinski definition) is 0. The average Bonchev–Trinajstić information content (AvgIpc) is 2.41. The second kappa shape index (κ2) is 5.71. The summed E-state index contributed by atoms with van der Waals surface area (Å²) in [5.74, 6) is 0.500. The van der Waals surface area contributed by atoms with Crippen molar-refractivity contribution in [2.75, 3.05) is 7.11 Å². The highest BCUT2D eigenvalue weighted by Gasteiger charge is 2.26. The Labute approximate surface area is 107 Å². The van der Waals surface area contributed by atoms with E-state index in [9.17, 15) is 4.79 Å². The number of carbonyl (C=O) groups is 1. The standard InChI is InChI=1S/C15H18O3/c1-11-14(17-2)10-13(18-15(11)16)9-8-12-6-4-3-5-7-12/h3-7,13H,8-10H2,1-2H3. The molecule has 1 heterocycles. The van der Waals surface area contributed by atoms with Gasteiger partial charge in [-0.15, -0.1) is 0 Å². The highest BCUT2D eigenvalue weighted by Crippen LogP contribution is 2.24. The molecule has 1 aliphatic heterocycles. The molecule has 0 radical (unpaired) electrons. The summed E-state index contributed by atoms with van der Waals surface area (Å²) in [6, 6.07) is 10.2. The van der Waals surface area contributed by atoms with E-state index in [1.807, 2.05) is 18.2 Å². The highest BCUT2D eigenvalue weighted by molar-refractivity contribution is 5.89. The van der Waals surface area contributed by atoms with Crippen LogP contribution in [0.15, 0.2) is 41.7 Å². The number of esters is 1. The monoisotopic (exact) mass is 246 g/mol. The van der Waals surface area contributed by atoms with Crippen LogP contribution in [0.4, 0.5) is 0 Å². The second-order valence-corrected chi connectivity index (χ2v) is 4.51. The Balaban J connectivity index is 1.94. The second-order valence-electron chi connectivity index (χ2n) is 4.51. The van der Waals surface area contributed by atoms with Crippen LogP contribution in [-0.4, -0.2) is 19.2 Å². The van der Waals surface area contributed by atoms with E-state index in [1.54, 1.807) is 14.0 Å². The minimum Gasteiger partial charge on any atom is -0.500 e. The van der Waals surface area contributed by atoms with E-state index in [0.717, 1.165) is 18.6 Å². The Morgan fingerprint density at radius 3 is 2.72 bits per heavy atom. The van der Waals surface area contributed by atoms with Gasteiger partial charge in [0.2, 0.25) is 0 Å². The maximum Gasteiger partial charge on any atom is 0.337 e. The fourth-order valence-electron chi connectivity index (χ4n) is 2.12. The number of benzene rings is 1. The minimum atomic E-state index is -0.254. The molecule has 0 aliphatic carbocycles. The molecule has 1 aliphatic rings. The summed E-state index contributed by atoms with van der Waals surface area (Å²) in [6.45, 7) is 1.74. The summed E-state index contributed by atoms with van der Waals surface area (Å²) in [5.41, 5.74) is 1.85. The molecule has 1 aromatic carbocycles. The highest BCUT2D eigenvalue weighted by atomic mass is 16.6. The SMILES string of the molecule is COC1=C(C)C(=O)OC(CCc2ccccc2)C1. The molecule has 0 saturated heterocycles. The first-order valence-electron chi connectivity index (χ1n) is 6.19. The quantitative estimate of drug-likeness (QED) is 0.766. The molecule has 18 heavy (non-hydrogen) atoms. The van der Waals surface area contributed by atoms with Crippen LogP contribution in [0, 0.1) is 0 Å². The first kappa shape index (κ1) is 12.7. The van der Waals surface area contributed by atoms with Crippen LogP contribution in [0.2, 0.25) is 0 Å². The molecule has 2 rings (SSSR count). The molecule has 1 aromatic rings. The van der Waals surface area contributed by atoms with Gasteiger partial charge in [-0.2, -0.15) is 0 Å². The van der Waals surface area contributed by atoms with Crippen LogP contribution >= 0.6 is 0 Å². The van der Waals surface area contributed by atoms with Crippen molar-refractivity contribution in [2.45, 2.75) is 32.3 Å². The summed E-state index contributed by atoms with van der Waals surface area (Å²) >= 11 is 0. The van der Waals surface area contributed by atoms with Crippen molar-refractivity contribution >= 4 is 5.97 Å². The van der Waals surface area contributed by atoms with E-state index < -0.39 is 0 Å². The number of hydrogen-bond acceptors (Lipinski definition) is 3. The third kappa shape index (κ3) is 2.92. The molecular weight excluding hydrogens is 228 g/mol. The lowest BCUT2D eigenvalue weighted by atomic mass is 10.0. The predicted molar refractivity (Wildman–Crippen MR) is 69.0 cm³/mol. The normalized spacial score (nSPS) is 19.7. The van der Waals surface area contributed by atoms with E-state index in [2.05, 4.69) is 12.1 Å². The molecule has 0 spiro atoms. The fraction of sp³-hybridized carbons (Fsp3) is 0.400. The Kier molecular flexibility index (Phi) is 4.03. The van der Waals surface area contributed by atoms with E-state index in [0.29, 0.717) is 12.0 Å². The van der Waals surface area contributed by atoms with Crippen molar-refractivity contribution in [3.05, 3.63) is 47.2 Å². The van der Waals surface area contributed by atoms with E-state index >= 15 is 0 Å². The molecular formula is C15H18O3. The molecule has 96 valence electrons. The first-order valence-corrected chi connectivity index (χ1v) is 6.19. The number of ether oxygens (including phenoxy) is 2. The summed E-state index contributed by atoms with van der Waals surface area (Å²) in [4.78, 5) is 11.6. The van der Waals surface area contributed by atoms with Crippen molar-refractivity contribution in [1.82, 2.24) is 0 Å². The lowest BCUT2D eigenvalue weighted by Gasteiger charge is -2.25. The zero-order chi connectivity index (χ0) is 13.0. The van der Waals surface area contributed by atoms with Crippen molar-refractivity contribution in [3.63, 3.8) is 0 Å².